The number of benzene rings is 1. The Bertz CT molecular complexity index is 612. The third-order valence-corrected chi connectivity index (χ3v) is 3.37. The summed E-state index contributed by atoms with van der Waals surface area (Å²) in [4.78, 5) is 15.9. The maximum absolute atomic E-state index is 11.8. The summed E-state index contributed by atoms with van der Waals surface area (Å²) in [5, 5.41) is 13.9. The SMILES string of the molecule is N#Cc1ccc(CNC(=O)c2csc(CN)n2)cc1. The van der Waals surface area contributed by atoms with Crippen molar-refractivity contribution >= 4 is 17.2 Å². The number of carbonyl (C=O) groups excluding carboxylic acids is 1. The van der Waals surface area contributed by atoms with Crippen LogP contribution in [-0.4, -0.2) is 10.9 Å². The normalized spacial score (nSPS) is 9.89. The van der Waals surface area contributed by atoms with E-state index in [-0.39, 0.29) is 5.91 Å². The Morgan fingerprint density at radius 1 is 1.42 bits per heavy atom. The molecule has 0 aliphatic rings. The second kappa shape index (κ2) is 6.09. The number of hydrogen-bond donors (Lipinski definition) is 2. The number of amides is 1. The average Bonchev–Trinajstić information content (AvgIpc) is 2.94. The van der Waals surface area contributed by atoms with Crippen molar-refractivity contribution in [2.75, 3.05) is 0 Å². The molecule has 0 fully saturated rings. The van der Waals surface area contributed by atoms with Gasteiger partial charge < -0.3 is 11.1 Å². The molecule has 2 rings (SSSR count). The highest BCUT2D eigenvalue weighted by Gasteiger charge is 2.09. The van der Waals surface area contributed by atoms with Crippen LogP contribution < -0.4 is 11.1 Å². The van der Waals surface area contributed by atoms with E-state index in [1.807, 2.05) is 18.2 Å². The molecule has 0 saturated heterocycles. The third kappa shape index (κ3) is 3.37. The predicted octanol–water partition coefficient (Wildman–Crippen LogP) is 1.40. The third-order valence-electron chi connectivity index (χ3n) is 2.50. The zero-order valence-corrected chi connectivity index (χ0v) is 10.9. The predicted molar refractivity (Wildman–Crippen MR) is 72.3 cm³/mol. The van der Waals surface area contributed by atoms with Crippen molar-refractivity contribution in [3.05, 3.63) is 51.5 Å². The van der Waals surface area contributed by atoms with Crippen molar-refractivity contribution in [3.63, 3.8) is 0 Å². The number of carbonyl (C=O) groups is 1. The van der Waals surface area contributed by atoms with E-state index >= 15 is 0 Å². The van der Waals surface area contributed by atoms with Crippen LogP contribution in [0.5, 0.6) is 0 Å². The van der Waals surface area contributed by atoms with E-state index in [1.165, 1.54) is 11.3 Å². The Morgan fingerprint density at radius 2 is 2.16 bits per heavy atom. The zero-order valence-electron chi connectivity index (χ0n) is 10.1. The monoisotopic (exact) mass is 272 g/mol. The standard InChI is InChI=1S/C13H12N4OS/c14-5-9-1-3-10(4-2-9)7-16-13(18)11-8-19-12(6-15)17-11/h1-4,8H,6-7,15H2,(H,16,18). The molecule has 0 unspecified atom stereocenters. The first-order valence-corrected chi connectivity index (χ1v) is 6.52. The molecule has 0 radical (unpaired) electrons. The fraction of sp³-hybridized carbons (Fsp3) is 0.154. The molecule has 0 aliphatic heterocycles. The Balaban J connectivity index is 1.94. The van der Waals surface area contributed by atoms with E-state index in [1.54, 1.807) is 17.5 Å². The van der Waals surface area contributed by atoms with Gasteiger partial charge in [-0.15, -0.1) is 11.3 Å². The summed E-state index contributed by atoms with van der Waals surface area (Å²) in [6.07, 6.45) is 0. The fourth-order valence-corrected chi connectivity index (χ4v) is 2.13. The maximum Gasteiger partial charge on any atom is 0.271 e. The molecule has 3 N–H and O–H groups in total. The highest BCUT2D eigenvalue weighted by molar-refractivity contribution is 7.09. The van der Waals surface area contributed by atoms with Gasteiger partial charge in [-0.05, 0) is 17.7 Å². The molecule has 0 spiro atoms. The minimum atomic E-state index is -0.222. The zero-order chi connectivity index (χ0) is 13.7. The molecule has 1 aromatic carbocycles. The molecule has 0 atom stereocenters. The molecule has 96 valence electrons. The number of nitrogens with zero attached hydrogens (tertiary/aromatic N) is 2. The molecule has 0 saturated carbocycles. The summed E-state index contributed by atoms with van der Waals surface area (Å²) in [6.45, 7) is 0.744. The minimum absolute atomic E-state index is 0.222. The van der Waals surface area contributed by atoms with Gasteiger partial charge in [-0.3, -0.25) is 4.79 Å². The molecule has 5 nitrogen and oxygen atoms in total. The van der Waals surface area contributed by atoms with Crippen LogP contribution in [0.3, 0.4) is 0 Å². The second-order valence-corrected chi connectivity index (χ2v) is 4.76. The number of aromatic nitrogens is 1. The lowest BCUT2D eigenvalue weighted by Gasteiger charge is -2.03. The minimum Gasteiger partial charge on any atom is -0.347 e. The van der Waals surface area contributed by atoms with Crippen LogP contribution in [0, 0.1) is 11.3 Å². The van der Waals surface area contributed by atoms with Crippen LogP contribution in [0.1, 0.15) is 26.6 Å². The van der Waals surface area contributed by atoms with Crippen molar-refractivity contribution in [1.29, 1.82) is 5.26 Å². The summed E-state index contributed by atoms with van der Waals surface area (Å²) in [5.41, 5.74) is 7.36. The molecule has 1 amide bonds. The van der Waals surface area contributed by atoms with E-state index in [9.17, 15) is 4.79 Å². The molecule has 1 heterocycles. The summed E-state index contributed by atoms with van der Waals surface area (Å²) >= 11 is 1.37. The average molecular weight is 272 g/mol. The van der Waals surface area contributed by atoms with E-state index < -0.39 is 0 Å². The molecule has 0 bridgehead atoms. The van der Waals surface area contributed by atoms with Crippen molar-refractivity contribution in [2.45, 2.75) is 13.1 Å². The number of nitrogens with one attached hydrogen (secondary N) is 1. The summed E-state index contributed by atoms with van der Waals surface area (Å²) in [6, 6.07) is 9.11. The number of rotatable bonds is 4. The quantitative estimate of drug-likeness (QED) is 0.880. The van der Waals surface area contributed by atoms with Gasteiger partial charge in [0, 0.05) is 18.5 Å². The van der Waals surface area contributed by atoms with Crippen LogP contribution >= 0.6 is 11.3 Å². The first-order chi connectivity index (χ1) is 9.22. The van der Waals surface area contributed by atoms with Crippen molar-refractivity contribution in [1.82, 2.24) is 10.3 Å². The lowest BCUT2D eigenvalue weighted by Crippen LogP contribution is -2.23. The van der Waals surface area contributed by atoms with Gasteiger partial charge in [0.25, 0.3) is 5.91 Å². The highest BCUT2D eigenvalue weighted by Crippen LogP contribution is 2.09. The first-order valence-electron chi connectivity index (χ1n) is 5.64. The topological polar surface area (TPSA) is 91.8 Å². The Kier molecular flexibility index (Phi) is 4.23. The van der Waals surface area contributed by atoms with Crippen LogP contribution in [-0.2, 0) is 13.1 Å². The van der Waals surface area contributed by atoms with Crippen molar-refractivity contribution < 1.29 is 4.79 Å². The number of nitriles is 1. The van der Waals surface area contributed by atoms with Gasteiger partial charge in [0.1, 0.15) is 10.7 Å². The molecular weight excluding hydrogens is 260 g/mol. The van der Waals surface area contributed by atoms with Crippen LogP contribution in [0.4, 0.5) is 0 Å². The molecule has 2 aromatic rings. The van der Waals surface area contributed by atoms with Crippen LogP contribution in [0.2, 0.25) is 0 Å². The van der Waals surface area contributed by atoms with Crippen molar-refractivity contribution in [3.8, 4) is 6.07 Å². The van der Waals surface area contributed by atoms with E-state index in [0.717, 1.165) is 10.6 Å². The van der Waals surface area contributed by atoms with Gasteiger partial charge in [0.2, 0.25) is 0 Å². The first kappa shape index (κ1) is 13.2. The number of hydrogen-bond acceptors (Lipinski definition) is 5. The molecule has 19 heavy (non-hydrogen) atoms. The van der Waals surface area contributed by atoms with Crippen molar-refractivity contribution in [2.24, 2.45) is 5.73 Å². The Labute approximate surface area is 114 Å². The van der Waals surface area contributed by atoms with Gasteiger partial charge in [-0.2, -0.15) is 5.26 Å². The van der Waals surface area contributed by atoms with Gasteiger partial charge in [-0.25, -0.2) is 4.98 Å². The van der Waals surface area contributed by atoms with E-state index in [0.29, 0.717) is 24.3 Å². The molecule has 1 aromatic heterocycles. The smallest absolute Gasteiger partial charge is 0.271 e. The fourth-order valence-electron chi connectivity index (χ4n) is 1.48. The Morgan fingerprint density at radius 3 is 2.74 bits per heavy atom. The maximum atomic E-state index is 11.8. The van der Waals surface area contributed by atoms with Crippen LogP contribution in [0.25, 0.3) is 0 Å². The molecule has 0 aliphatic carbocycles. The van der Waals surface area contributed by atoms with Gasteiger partial charge in [0.15, 0.2) is 0 Å². The van der Waals surface area contributed by atoms with Crippen LogP contribution in [0.15, 0.2) is 29.6 Å². The van der Waals surface area contributed by atoms with Gasteiger partial charge in [-0.1, -0.05) is 12.1 Å². The molecule has 6 heteroatoms. The van der Waals surface area contributed by atoms with E-state index in [4.69, 9.17) is 11.0 Å². The largest absolute Gasteiger partial charge is 0.347 e. The molecular formula is C13H12N4OS. The number of thiazole rings is 1. The summed E-state index contributed by atoms with van der Waals surface area (Å²) < 4.78 is 0. The Hall–Kier alpha value is -2.23. The highest BCUT2D eigenvalue weighted by atomic mass is 32.1. The second-order valence-electron chi connectivity index (χ2n) is 3.82. The summed E-state index contributed by atoms with van der Waals surface area (Å²) in [5.74, 6) is -0.222. The van der Waals surface area contributed by atoms with E-state index in [2.05, 4.69) is 10.3 Å². The summed E-state index contributed by atoms with van der Waals surface area (Å²) in [7, 11) is 0. The number of nitrogens with two attached hydrogens (primary N) is 1. The van der Waals surface area contributed by atoms with Gasteiger partial charge in [0.05, 0.1) is 11.6 Å². The lowest BCUT2D eigenvalue weighted by molar-refractivity contribution is 0.0946. The van der Waals surface area contributed by atoms with Gasteiger partial charge >= 0.3 is 0 Å². The lowest BCUT2D eigenvalue weighted by atomic mass is 10.1.